The summed E-state index contributed by atoms with van der Waals surface area (Å²) in [5, 5.41) is 3.37. The number of likely N-dealkylation sites (N-methyl/N-ethyl adjacent to an activating group) is 1. The summed E-state index contributed by atoms with van der Waals surface area (Å²) in [6, 6.07) is 12.6. The predicted molar refractivity (Wildman–Crippen MR) is 130 cm³/mol. The number of para-hydroxylation sites is 1. The van der Waals surface area contributed by atoms with Crippen LogP contribution < -0.4 is 0 Å². The number of hydrogen-bond donors (Lipinski definition) is 1. The number of piperazine rings is 1. The van der Waals surface area contributed by atoms with Crippen LogP contribution in [0.5, 0.6) is 0 Å². The van der Waals surface area contributed by atoms with Crippen molar-refractivity contribution in [3.8, 4) is 0 Å². The van der Waals surface area contributed by atoms with Crippen molar-refractivity contribution in [2.75, 3.05) is 39.8 Å². The van der Waals surface area contributed by atoms with Gasteiger partial charge in [-0.15, -0.1) is 11.3 Å². The van der Waals surface area contributed by atoms with Crippen LogP contribution in [0.1, 0.15) is 26.8 Å². The van der Waals surface area contributed by atoms with Crippen molar-refractivity contribution in [1.82, 2.24) is 24.7 Å². The number of hydrogen-bond acceptors (Lipinski definition) is 6. The number of aromatic amines is 1. The van der Waals surface area contributed by atoms with Gasteiger partial charge in [-0.3, -0.25) is 9.69 Å². The second kappa shape index (κ2) is 9.91. The number of amides is 1. The number of rotatable bonds is 8. The first-order valence-electron chi connectivity index (χ1n) is 11.4. The lowest BCUT2D eigenvalue weighted by atomic mass is 10.1. The molecule has 3 aromatic heterocycles. The van der Waals surface area contributed by atoms with Crippen LogP contribution in [0.25, 0.3) is 10.9 Å². The number of H-pyrrole nitrogens is 1. The van der Waals surface area contributed by atoms with Crippen molar-refractivity contribution in [3.63, 3.8) is 0 Å². The summed E-state index contributed by atoms with van der Waals surface area (Å²) in [5.74, 6) is 0.546. The molecule has 0 aliphatic carbocycles. The van der Waals surface area contributed by atoms with Crippen LogP contribution in [0.3, 0.4) is 0 Å². The minimum atomic E-state index is -0.0401. The van der Waals surface area contributed by atoms with Gasteiger partial charge >= 0.3 is 0 Å². The Morgan fingerprint density at radius 2 is 2.00 bits per heavy atom. The van der Waals surface area contributed by atoms with Gasteiger partial charge in [-0.05, 0) is 36.5 Å². The third-order valence-electron chi connectivity index (χ3n) is 6.25. The van der Waals surface area contributed by atoms with E-state index in [2.05, 4.69) is 74.8 Å². The van der Waals surface area contributed by atoms with Crippen molar-refractivity contribution in [2.24, 2.45) is 0 Å². The lowest BCUT2D eigenvalue weighted by Crippen LogP contribution is -2.47. The first-order chi connectivity index (χ1) is 16.2. The second-order valence-electron chi connectivity index (χ2n) is 8.62. The van der Waals surface area contributed by atoms with Gasteiger partial charge in [0.25, 0.3) is 5.91 Å². The molecule has 172 valence electrons. The van der Waals surface area contributed by atoms with Gasteiger partial charge in [0.15, 0.2) is 5.69 Å². The smallest absolute Gasteiger partial charge is 0.275 e. The first-order valence-corrected chi connectivity index (χ1v) is 12.3. The molecule has 0 bridgehead atoms. The quantitative estimate of drug-likeness (QED) is 0.430. The average molecular weight is 464 g/mol. The Morgan fingerprint density at radius 1 is 1.15 bits per heavy atom. The highest BCUT2D eigenvalue weighted by Gasteiger charge is 2.23. The molecule has 0 saturated carbocycles. The number of oxazole rings is 1. The maximum absolute atomic E-state index is 12.8. The highest BCUT2D eigenvalue weighted by atomic mass is 32.1. The van der Waals surface area contributed by atoms with Crippen molar-refractivity contribution >= 4 is 28.1 Å². The lowest BCUT2D eigenvalue weighted by Gasteiger charge is -2.31. The van der Waals surface area contributed by atoms with E-state index in [1.807, 2.05) is 4.90 Å². The zero-order valence-corrected chi connectivity index (χ0v) is 19.7. The summed E-state index contributed by atoms with van der Waals surface area (Å²) in [5.41, 5.74) is 2.87. The van der Waals surface area contributed by atoms with E-state index in [-0.39, 0.29) is 5.91 Å². The maximum atomic E-state index is 12.8. The number of nitrogens with one attached hydrogen (secondary N) is 1. The van der Waals surface area contributed by atoms with Crippen LogP contribution in [0.15, 0.2) is 58.7 Å². The fourth-order valence-electron chi connectivity index (χ4n) is 4.30. The van der Waals surface area contributed by atoms with E-state index in [9.17, 15) is 4.79 Å². The Balaban J connectivity index is 1.27. The van der Waals surface area contributed by atoms with E-state index >= 15 is 0 Å². The van der Waals surface area contributed by atoms with Crippen molar-refractivity contribution in [2.45, 2.75) is 19.5 Å². The van der Waals surface area contributed by atoms with Gasteiger partial charge in [0.05, 0.1) is 6.54 Å². The summed E-state index contributed by atoms with van der Waals surface area (Å²) in [4.78, 5) is 28.5. The first kappa shape index (κ1) is 21.9. The SMILES string of the molecule is CN1CCN(C(=O)c2coc(CN(CCc3c[nH]c4ccccc34)Cc3cccs3)n2)CC1. The number of carbonyl (C=O) groups is 1. The Bertz CT molecular complexity index is 1190. The van der Waals surface area contributed by atoms with Crippen LogP contribution in [-0.4, -0.2) is 70.3 Å². The summed E-state index contributed by atoms with van der Waals surface area (Å²) < 4.78 is 5.74. The topological polar surface area (TPSA) is 68.6 Å². The molecule has 33 heavy (non-hydrogen) atoms. The molecular weight excluding hydrogens is 434 g/mol. The molecule has 1 aliphatic heterocycles. The molecule has 0 unspecified atom stereocenters. The average Bonchev–Trinajstić information content (AvgIpc) is 3.59. The van der Waals surface area contributed by atoms with Crippen LogP contribution >= 0.6 is 11.3 Å². The number of carbonyl (C=O) groups excluding carboxylic acids is 1. The van der Waals surface area contributed by atoms with E-state index in [4.69, 9.17) is 4.42 Å². The minimum absolute atomic E-state index is 0.0401. The highest BCUT2D eigenvalue weighted by Crippen LogP contribution is 2.20. The van der Waals surface area contributed by atoms with E-state index in [0.717, 1.165) is 51.2 Å². The summed E-state index contributed by atoms with van der Waals surface area (Å²) in [6.07, 6.45) is 4.54. The van der Waals surface area contributed by atoms with Crippen LogP contribution in [0, 0.1) is 0 Å². The molecule has 0 atom stereocenters. The minimum Gasteiger partial charge on any atom is -0.447 e. The van der Waals surface area contributed by atoms with Gasteiger partial charge < -0.3 is 19.2 Å². The molecule has 0 radical (unpaired) electrons. The second-order valence-corrected chi connectivity index (χ2v) is 9.65. The third-order valence-corrected chi connectivity index (χ3v) is 7.11. The molecule has 1 aliphatic rings. The Kier molecular flexibility index (Phi) is 6.57. The predicted octanol–water partition coefficient (Wildman–Crippen LogP) is 3.85. The number of nitrogens with zero attached hydrogens (tertiary/aromatic N) is 4. The van der Waals surface area contributed by atoms with Gasteiger partial charge in [-0.2, -0.15) is 0 Å². The molecule has 1 saturated heterocycles. The Morgan fingerprint density at radius 3 is 2.82 bits per heavy atom. The van der Waals surface area contributed by atoms with Crippen LogP contribution in [-0.2, 0) is 19.5 Å². The van der Waals surface area contributed by atoms with Gasteiger partial charge in [-0.1, -0.05) is 24.3 Å². The van der Waals surface area contributed by atoms with Gasteiger partial charge in [0, 0.05) is 61.2 Å². The largest absolute Gasteiger partial charge is 0.447 e. The molecule has 1 aromatic carbocycles. The molecule has 1 amide bonds. The molecule has 4 heterocycles. The normalized spacial score (nSPS) is 15.0. The van der Waals surface area contributed by atoms with Gasteiger partial charge in [-0.25, -0.2) is 4.98 Å². The molecule has 8 heteroatoms. The van der Waals surface area contributed by atoms with Crippen molar-refractivity contribution < 1.29 is 9.21 Å². The number of aromatic nitrogens is 2. The molecular formula is C25H29N5O2S. The fraction of sp³-hybridized carbons (Fsp3) is 0.360. The van der Waals surface area contributed by atoms with E-state index in [1.165, 1.54) is 22.1 Å². The number of benzene rings is 1. The van der Waals surface area contributed by atoms with E-state index < -0.39 is 0 Å². The van der Waals surface area contributed by atoms with Crippen LogP contribution in [0.2, 0.25) is 0 Å². The molecule has 7 nitrogen and oxygen atoms in total. The Labute approximate surface area is 197 Å². The maximum Gasteiger partial charge on any atom is 0.275 e. The fourth-order valence-corrected chi connectivity index (χ4v) is 5.04. The third kappa shape index (κ3) is 5.19. The van der Waals surface area contributed by atoms with Crippen molar-refractivity contribution in [1.29, 1.82) is 0 Å². The highest BCUT2D eigenvalue weighted by molar-refractivity contribution is 7.09. The van der Waals surface area contributed by atoms with Crippen LogP contribution in [0.4, 0.5) is 0 Å². The Hall–Kier alpha value is -2.94. The van der Waals surface area contributed by atoms with Crippen molar-refractivity contribution in [3.05, 3.63) is 76.3 Å². The molecule has 1 N–H and O–H groups in total. The molecule has 5 rings (SSSR count). The standard InChI is InChI=1S/C25H29N5O2S/c1-28-10-12-30(13-11-28)25(31)23-18-32-24(27-23)17-29(16-20-5-4-14-33-20)9-8-19-15-26-22-7-3-2-6-21(19)22/h2-7,14-15,18,26H,8-13,16-17H2,1H3. The number of fused-ring (bicyclic) bond motifs is 1. The lowest BCUT2D eigenvalue weighted by molar-refractivity contribution is 0.0658. The van der Waals surface area contributed by atoms with Gasteiger partial charge in [0.2, 0.25) is 5.89 Å². The molecule has 1 fully saturated rings. The zero-order chi connectivity index (χ0) is 22.6. The zero-order valence-electron chi connectivity index (χ0n) is 18.9. The van der Waals surface area contributed by atoms with Gasteiger partial charge in [0.1, 0.15) is 6.26 Å². The number of thiophene rings is 1. The van der Waals surface area contributed by atoms with E-state index in [1.54, 1.807) is 11.3 Å². The summed E-state index contributed by atoms with van der Waals surface area (Å²) >= 11 is 1.75. The summed E-state index contributed by atoms with van der Waals surface area (Å²) in [7, 11) is 2.08. The van der Waals surface area contributed by atoms with E-state index in [0.29, 0.717) is 18.1 Å². The molecule has 4 aromatic rings. The summed E-state index contributed by atoms with van der Waals surface area (Å²) in [6.45, 7) is 5.49. The monoisotopic (exact) mass is 463 g/mol. The molecule has 0 spiro atoms.